The number of fused-ring (bicyclic) bond motifs is 1. The van der Waals surface area contributed by atoms with Gasteiger partial charge in [0.2, 0.25) is 12.4 Å². The molecule has 1 aliphatic heterocycles. The van der Waals surface area contributed by atoms with E-state index in [1.54, 1.807) is 11.8 Å². The lowest BCUT2D eigenvalue weighted by Crippen LogP contribution is -2.42. The van der Waals surface area contributed by atoms with Gasteiger partial charge in [0.25, 0.3) is 0 Å². The van der Waals surface area contributed by atoms with Crippen molar-refractivity contribution < 1.29 is 19.1 Å². The fourth-order valence-electron chi connectivity index (χ4n) is 4.70. The third-order valence-corrected chi connectivity index (χ3v) is 7.04. The predicted octanol–water partition coefficient (Wildman–Crippen LogP) is 2.53. The van der Waals surface area contributed by atoms with E-state index in [4.69, 9.17) is 20.3 Å². The Hall–Kier alpha value is -3.40. The summed E-state index contributed by atoms with van der Waals surface area (Å²) in [5, 5.41) is 8.16. The zero-order chi connectivity index (χ0) is 26.4. The average Bonchev–Trinajstić information content (AvgIpc) is 3.34. The smallest absolute Gasteiger partial charge is 0.323 e. The topological polar surface area (TPSA) is 111 Å². The second-order valence-electron chi connectivity index (χ2n) is 9.94. The van der Waals surface area contributed by atoms with Crippen LogP contribution in [0.4, 0.5) is 11.6 Å². The Morgan fingerprint density at radius 3 is 2.95 bits per heavy atom. The van der Waals surface area contributed by atoms with E-state index < -0.39 is 6.04 Å². The van der Waals surface area contributed by atoms with Gasteiger partial charge in [0.15, 0.2) is 5.65 Å². The monoisotopic (exact) mass is 510 g/mol. The second kappa shape index (κ2) is 12.2. The van der Waals surface area contributed by atoms with E-state index >= 15 is 0 Å². The standard InChI is InChI=1S/C27H40N7O3/c1-5-21-17-30-34-23(29-16-20-9-8-12-32(18-20)36-4)15-24(31-26(21)34)33-13-7-6-10-22(33)11-14-37-27(35)25(28)19(2)3/h8-9,12,15,17-19,22,25,29H,5-7,10-11,13-14,16,28H2,1-4H3/q+1/t22-,25+/m0/s1. The SMILES string of the molecule is CCc1cnn2c(NCc3ccc[n+](OC)c3)cc(N3CCCC[C@H]3CCOC(=O)[C@H](N)C(C)C)nc12. The highest BCUT2D eigenvalue weighted by atomic mass is 16.6. The molecule has 4 rings (SSSR count). The van der Waals surface area contributed by atoms with E-state index in [-0.39, 0.29) is 17.9 Å². The Kier molecular flexibility index (Phi) is 8.81. The number of aromatic nitrogens is 4. The Balaban J connectivity index is 1.55. The minimum atomic E-state index is -0.586. The highest BCUT2D eigenvalue weighted by molar-refractivity contribution is 5.75. The molecule has 0 saturated carbocycles. The number of carbonyl (C=O) groups excluding carboxylic acids is 1. The van der Waals surface area contributed by atoms with Crippen LogP contribution in [0.1, 0.15) is 57.6 Å². The van der Waals surface area contributed by atoms with Gasteiger partial charge in [0, 0.05) is 53.5 Å². The molecule has 0 aliphatic carbocycles. The number of nitrogens with two attached hydrogens (primary N) is 1. The first-order valence-electron chi connectivity index (χ1n) is 13.3. The van der Waals surface area contributed by atoms with Crippen LogP contribution in [-0.2, 0) is 22.5 Å². The van der Waals surface area contributed by atoms with Gasteiger partial charge in [-0.25, -0.2) is 4.98 Å². The number of anilines is 2. The Bertz CT molecular complexity index is 1200. The average molecular weight is 511 g/mol. The molecule has 3 aromatic rings. The van der Waals surface area contributed by atoms with Crippen molar-refractivity contribution in [3.63, 3.8) is 0 Å². The van der Waals surface area contributed by atoms with Crippen molar-refractivity contribution >= 4 is 23.3 Å². The largest absolute Gasteiger partial charge is 0.464 e. The van der Waals surface area contributed by atoms with Crippen LogP contribution in [0.3, 0.4) is 0 Å². The van der Waals surface area contributed by atoms with Crippen molar-refractivity contribution in [1.82, 2.24) is 14.6 Å². The Morgan fingerprint density at radius 2 is 2.19 bits per heavy atom. The molecule has 200 valence electrons. The molecule has 1 saturated heterocycles. The van der Waals surface area contributed by atoms with Crippen LogP contribution >= 0.6 is 0 Å². The van der Waals surface area contributed by atoms with E-state index in [1.165, 1.54) is 0 Å². The van der Waals surface area contributed by atoms with E-state index in [0.29, 0.717) is 13.2 Å². The number of nitrogens with zero attached hydrogens (tertiary/aromatic N) is 5. The number of ether oxygens (including phenoxy) is 1. The summed E-state index contributed by atoms with van der Waals surface area (Å²) in [5.74, 6) is 1.52. The number of hydrogen-bond acceptors (Lipinski definition) is 8. The van der Waals surface area contributed by atoms with Crippen LogP contribution in [-0.4, -0.2) is 52.9 Å². The number of aryl methyl sites for hydroxylation is 1. The zero-order valence-corrected chi connectivity index (χ0v) is 22.4. The van der Waals surface area contributed by atoms with E-state index in [2.05, 4.69) is 34.4 Å². The van der Waals surface area contributed by atoms with Crippen molar-refractivity contribution in [3.05, 3.63) is 47.9 Å². The fourth-order valence-corrected chi connectivity index (χ4v) is 4.70. The first-order valence-corrected chi connectivity index (χ1v) is 13.3. The lowest BCUT2D eigenvalue weighted by atomic mass is 9.99. The van der Waals surface area contributed by atoms with Gasteiger partial charge in [-0.3, -0.25) is 9.63 Å². The number of pyridine rings is 1. The summed E-state index contributed by atoms with van der Waals surface area (Å²) in [5.41, 5.74) is 9.00. The molecule has 10 heteroatoms. The summed E-state index contributed by atoms with van der Waals surface area (Å²) in [7, 11) is 1.64. The number of esters is 1. The molecule has 0 aromatic carbocycles. The van der Waals surface area contributed by atoms with Crippen molar-refractivity contribution in [3.8, 4) is 0 Å². The number of carbonyl (C=O) groups is 1. The molecule has 0 radical (unpaired) electrons. The first-order chi connectivity index (χ1) is 17.9. The maximum atomic E-state index is 12.2. The minimum absolute atomic E-state index is 0.0551. The summed E-state index contributed by atoms with van der Waals surface area (Å²) >= 11 is 0. The Morgan fingerprint density at radius 1 is 1.35 bits per heavy atom. The molecule has 1 aliphatic rings. The summed E-state index contributed by atoms with van der Waals surface area (Å²) in [6.45, 7) is 7.85. The van der Waals surface area contributed by atoms with E-state index in [1.807, 2.05) is 43.0 Å². The molecule has 1 fully saturated rings. The number of rotatable bonds is 11. The number of nitrogens with one attached hydrogen (secondary N) is 1. The molecular weight excluding hydrogens is 470 g/mol. The summed E-state index contributed by atoms with van der Waals surface area (Å²) in [6.07, 6.45) is 10.6. The van der Waals surface area contributed by atoms with Gasteiger partial charge in [-0.05, 0) is 37.7 Å². The lowest BCUT2D eigenvalue weighted by molar-refractivity contribution is -0.885. The van der Waals surface area contributed by atoms with Crippen molar-refractivity contribution in [2.45, 2.75) is 71.5 Å². The van der Waals surface area contributed by atoms with E-state index in [9.17, 15) is 4.79 Å². The van der Waals surface area contributed by atoms with Gasteiger partial charge >= 0.3 is 5.97 Å². The second-order valence-corrected chi connectivity index (χ2v) is 9.94. The van der Waals surface area contributed by atoms with Crippen molar-refractivity contribution in [1.29, 1.82) is 0 Å². The van der Waals surface area contributed by atoms with Crippen LogP contribution in [0.5, 0.6) is 0 Å². The first kappa shape index (κ1) is 26.7. The molecular formula is C27H40N7O3+. The van der Waals surface area contributed by atoms with E-state index in [0.717, 1.165) is 67.1 Å². The van der Waals surface area contributed by atoms with Crippen LogP contribution in [0.25, 0.3) is 5.65 Å². The molecule has 3 aromatic heterocycles. The molecule has 0 amide bonds. The maximum absolute atomic E-state index is 12.2. The highest BCUT2D eigenvalue weighted by Gasteiger charge is 2.26. The van der Waals surface area contributed by atoms with Gasteiger partial charge in [0.1, 0.15) is 24.8 Å². The van der Waals surface area contributed by atoms with Crippen LogP contribution in [0.15, 0.2) is 36.8 Å². The lowest BCUT2D eigenvalue weighted by Gasteiger charge is -2.37. The molecule has 37 heavy (non-hydrogen) atoms. The van der Waals surface area contributed by atoms with Gasteiger partial charge in [0.05, 0.1) is 12.8 Å². The molecule has 10 nitrogen and oxygen atoms in total. The van der Waals surface area contributed by atoms with Crippen molar-refractivity contribution in [2.75, 3.05) is 30.5 Å². The maximum Gasteiger partial charge on any atom is 0.323 e. The fraction of sp³-hybridized carbons (Fsp3) is 0.556. The normalized spacial score (nSPS) is 16.7. The van der Waals surface area contributed by atoms with Gasteiger partial charge in [-0.15, -0.1) is 0 Å². The summed E-state index contributed by atoms with van der Waals surface area (Å²) < 4.78 is 9.08. The third-order valence-electron chi connectivity index (χ3n) is 7.04. The van der Waals surface area contributed by atoms with Crippen LogP contribution in [0.2, 0.25) is 0 Å². The zero-order valence-electron chi connectivity index (χ0n) is 22.4. The van der Waals surface area contributed by atoms with Gasteiger partial charge in [-0.1, -0.05) is 20.8 Å². The summed E-state index contributed by atoms with van der Waals surface area (Å²) in [4.78, 5) is 24.9. The van der Waals surface area contributed by atoms with Crippen molar-refractivity contribution in [2.24, 2.45) is 11.7 Å². The molecule has 2 atom stereocenters. The van der Waals surface area contributed by atoms with Crippen LogP contribution in [0, 0.1) is 5.92 Å². The molecule has 3 N–H and O–H groups in total. The minimum Gasteiger partial charge on any atom is -0.464 e. The van der Waals surface area contributed by atoms with Gasteiger partial charge in [-0.2, -0.15) is 9.61 Å². The van der Waals surface area contributed by atoms with Gasteiger partial charge < -0.3 is 20.7 Å². The highest BCUT2D eigenvalue weighted by Crippen LogP contribution is 2.29. The number of hydrogen-bond donors (Lipinski definition) is 2. The molecule has 4 heterocycles. The molecule has 0 unspecified atom stereocenters. The number of piperidine rings is 1. The molecule has 0 bridgehead atoms. The quantitative estimate of drug-likeness (QED) is 0.299. The summed E-state index contributed by atoms with van der Waals surface area (Å²) in [6, 6.07) is 5.73. The molecule has 0 spiro atoms. The van der Waals surface area contributed by atoms with Crippen LogP contribution < -0.4 is 25.5 Å². The Labute approximate surface area is 218 Å². The third kappa shape index (κ3) is 6.30. The predicted molar refractivity (Wildman–Crippen MR) is 142 cm³/mol.